The molecule has 1 saturated carbocycles. The van der Waals surface area contributed by atoms with Gasteiger partial charge < -0.3 is 10.6 Å². The van der Waals surface area contributed by atoms with Crippen LogP contribution in [0.3, 0.4) is 0 Å². The number of nitrogens with zero attached hydrogens (tertiary/aromatic N) is 1. The molecule has 0 aliphatic heterocycles. The summed E-state index contributed by atoms with van der Waals surface area (Å²) in [5.41, 5.74) is 0.998. The maximum atomic E-state index is 13.7. The molecule has 3 aromatic rings. The van der Waals surface area contributed by atoms with E-state index in [0.29, 0.717) is 16.1 Å². The number of carbonyl (C=O) groups is 3. The van der Waals surface area contributed by atoms with Crippen LogP contribution >= 0.6 is 11.3 Å². The van der Waals surface area contributed by atoms with Crippen LogP contribution < -0.4 is 15.5 Å². The molecule has 2 aromatic carbocycles. The van der Waals surface area contributed by atoms with Crippen LogP contribution in [-0.4, -0.2) is 30.3 Å². The van der Waals surface area contributed by atoms with Crippen molar-refractivity contribution in [3.63, 3.8) is 0 Å². The minimum Gasteiger partial charge on any atom is -0.351 e. The standard InChI is InChI=1S/C27H28FN3O3S/c28-20-13-15-22(16-14-20)31(24(32)18-29-26(33)23-12-7-17-35-23)25(19-8-3-1-4-9-19)27(34)30-21-10-5-2-6-11-21/h1,3-4,7-9,12-17,21,25H,2,5-6,10-11,18H2,(H,29,33)(H,30,34)/t25-/m0/s1. The highest BCUT2D eigenvalue weighted by molar-refractivity contribution is 7.12. The molecule has 4 rings (SSSR count). The zero-order chi connectivity index (χ0) is 24.6. The topological polar surface area (TPSA) is 78.5 Å². The van der Waals surface area contributed by atoms with Gasteiger partial charge >= 0.3 is 0 Å². The molecule has 6 nitrogen and oxygen atoms in total. The van der Waals surface area contributed by atoms with E-state index in [4.69, 9.17) is 0 Å². The number of rotatable bonds is 8. The van der Waals surface area contributed by atoms with Crippen LogP contribution in [0.1, 0.15) is 53.4 Å². The quantitative estimate of drug-likeness (QED) is 0.471. The normalized spacial score (nSPS) is 14.7. The van der Waals surface area contributed by atoms with Crippen molar-refractivity contribution in [3.05, 3.63) is 88.4 Å². The highest BCUT2D eigenvalue weighted by atomic mass is 32.1. The Labute approximate surface area is 208 Å². The van der Waals surface area contributed by atoms with E-state index in [1.54, 1.807) is 29.6 Å². The summed E-state index contributed by atoms with van der Waals surface area (Å²) >= 11 is 1.27. The van der Waals surface area contributed by atoms with E-state index in [1.807, 2.05) is 18.2 Å². The molecule has 1 aromatic heterocycles. The molecular weight excluding hydrogens is 465 g/mol. The first-order valence-corrected chi connectivity index (χ1v) is 12.7. The van der Waals surface area contributed by atoms with Gasteiger partial charge in [0.25, 0.3) is 5.91 Å². The fraction of sp³-hybridized carbons (Fsp3) is 0.296. The van der Waals surface area contributed by atoms with Crippen LogP contribution in [0.25, 0.3) is 0 Å². The molecule has 1 aliphatic carbocycles. The van der Waals surface area contributed by atoms with Gasteiger partial charge in [0.15, 0.2) is 0 Å². The fourth-order valence-electron chi connectivity index (χ4n) is 4.35. The summed E-state index contributed by atoms with van der Waals surface area (Å²) in [7, 11) is 0. The summed E-state index contributed by atoms with van der Waals surface area (Å²) in [6, 6.07) is 17.0. The number of halogens is 1. The highest BCUT2D eigenvalue weighted by Crippen LogP contribution is 2.29. The van der Waals surface area contributed by atoms with Gasteiger partial charge in [-0.05, 0) is 54.1 Å². The first-order chi connectivity index (χ1) is 17.0. The van der Waals surface area contributed by atoms with Gasteiger partial charge in [0, 0.05) is 11.7 Å². The first-order valence-electron chi connectivity index (χ1n) is 11.8. The first kappa shape index (κ1) is 24.6. The van der Waals surface area contributed by atoms with E-state index in [0.717, 1.165) is 32.1 Å². The lowest BCUT2D eigenvalue weighted by atomic mass is 9.94. The summed E-state index contributed by atoms with van der Waals surface area (Å²) in [4.78, 5) is 41.5. The summed E-state index contributed by atoms with van der Waals surface area (Å²) in [6.07, 6.45) is 5.05. The number of benzene rings is 2. The maximum Gasteiger partial charge on any atom is 0.261 e. The number of thiophene rings is 1. The highest BCUT2D eigenvalue weighted by Gasteiger charge is 2.34. The molecule has 8 heteroatoms. The molecule has 35 heavy (non-hydrogen) atoms. The van der Waals surface area contributed by atoms with Crippen molar-refractivity contribution < 1.29 is 18.8 Å². The Hall–Kier alpha value is -3.52. The summed E-state index contributed by atoms with van der Waals surface area (Å²) in [6.45, 7) is -0.311. The van der Waals surface area contributed by atoms with Crippen LogP contribution in [-0.2, 0) is 9.59 Å². The number of amides is 3. The van der Waals surface area contributed by atoms with Crippen molar-refractivity contribution in [1.29, 1.82) is 0 Å². The Kier molecular flexibility index (Phi) is 8.26. The van der Waals surface area contributed by atoms with Gasteiger partial charge in [0.1, 0.15) is 11.9 Å². The number of carbonyl (C=O) groups excluding carboxylic acids is 3. The molecule has 0 unspecified atom stereocenters. The number of hydrogen-bond acceptors (Lipinski definition) is 4. The SMILES string of the molecule is O=C(NCC(=O)N(c1ccc(F)cc1)[C@H](C(=O)NC1CCCCC1)c1ccccc1)c1cccs1. The van der Waals surface area contributed by atoms with E-state index in [9.17, 15) is 18.8 Å². The van der Waals surface area contributed by atoms with Crippen molar-refractivity contribution in [2.75, 3.05) is 11.4 Å². The fourth-order valence-corrected chi connectivity index (χ4v) is 4.99. The molecule has 0 bridgehead atoms. The summed E-state index contributed by atoms with van der Waals surface area (Å²) in [5.74, 6) is -1.59. The zero-order valence-corrected chi connectivity index (χ0v) is 20.1. The lowest BCUT2D eigenvalue weighted by Crippen LogP contribution is -2.49. The molecule has 1 atom stereocenters. The predicted octanol–water partition coefficient (Wildman–Crippen LogP) is 4.84. The summed E-state index contributed by atoms with van der Waals surface area (Å²) < 4.78 is 13.7. The monoisotopic (exact) mass is 493 g/mol. The lowest BCUT2D eigenvalue weighted by Gasteiger charge is -2.33. The van der Waals surface area contributed by atoms with E-state index < -0.39 is 17.8 Å². The Morgan fingerprint density at radius 2 is 1.66 bits per heavy atom. The molecule has 182 valence electrons. The number of hydrogen-bond donors (Lipinski definition) is 2. The van der Waals surface area contributed by atoms with Crippen molar-refractivity contribution in [3.8, 4) is 0 Å². The third-order valence-corrected chi connectivity index (χ3v) is 6.96. The van der Waals surface area contributed by atoms with E-state index in [-0.39, 0.29) is 24.4 Å². The largest absolute Gasteiger partial charge is 0.351 e. The Bertz CT molecular complexity index is 1130. The van der Waals surface area contributed by atoms with Gasteiger partial charge in [-0.1, -0.05) is 55.7 Å². The van der Waals surface area contributed by atoms with Gasteiger partial charge in [-0.3, -0.25) is 19.3 Å². The van der Waals surface area contributed by atoms with Crippen molar-refractivity contribution in [1.82, 2.24) is 10.6 Å². The van der Waals surface area contributed by atoms with E-state index in [2.05, 4.69) is 10.6 Å². The molecule has 1 fully saturated rings. The Morgan fingerprint density at radius 3 is 2.31 bits per heavy atom. The average molecular weight is 494 g/mol. The van der Waals surface area contributed by atoms with Crippen molar-refractivity contribution in [2.45, 2.75) is 44.2 Å². The lowest BCUT2D eigenvalue weighted by molar-refractivity contribution is -0.127. The second-order valence-corrected chi connectivity index (χ2v) is 9.50. The van der Waals surface area contributed by atoms with Crippen LogP contribution in [0.5, 0.6) is 0 Å². The van der Waals surface area contributed by atoms with Crippen molar-refractivity contribution >= 4 is 34.7 Å². The van der Waals surface area contributed by atoms with Crippen LogP contribution in [0.15, 0.2) is 72.1 Å². The predicted molar refractivity (Wildman–Crippen MR) is 135 cm³/mol. The minimum absolute atomic E-state index is 0.0474. The van der Waals surface area contributed by atoms with Gasteiger partial charge in [-0.2, -0.15) is 0 Å². The van der Waals surface area contributed by atoms with Crippen molar-refractivity contribution in [2.24, 2.45) is 0 Å². The minimum atomic E-state index is -0.977. The molecule has 0 spiro atoms. The molecular formula is C27H28FN3O3S. The van der Waals surface area contributed by atoms with Gasteiger partial charge in [-0.15, -0.1) is 11.3 Å². The van der Waals surface area contributed by atoms with Crippen LogP contribution in [0.4, 0.5) is 10.1 Å². The second-order valence-electron chi connectivity index (χ2n) is 8.56. The Balaban J connectivity index is 1.65. The number of anilines is 1. The maximum absolute atomic E-state index is 13.7. The van der Waals surface area contributed by atoms with E-state index >= 15 is 0 Å². The molecule has 2 N–H and O–H groups in total. The molecule has 3 amide bonds. The Morgan fingerprint density at radius 1 is 0.943 bits per heavy atom. The second kappa shape index (κ2) is 11.8. The molecule has 1 aliphatic rings. The van der Waals surface area contributed by atoms with Gasteiger partial charge in [0.05, 0.1) is 11.4 Å². The van der Waals surface area contributed by atoms with Gasteiger partial charge in [-0.25, -0.2) is 4.39 Å². The van der Waals surface area contributed by atoms with Crippen LogP contribution in [0, 0.1) is 5.82 Å². The smallest absolute Gasteiger partial charge is 0.261 e. The zero-order valence-electron chi connectivity index (χ0n) is 19.3. The van der Waals surface area contributed by atoms with Gasteiger partial charge in [0.2, 0.25) is 11.8 Å². The molecule has 0 saturated heterocycles. The van der Waals surface area contributed by atoms with E-state index in [1.165, 1.54) is 40.5 Å². The molecule has 1 heterocycles. The number of nitrogens with one attached hydrogen (secondary N) is 2. The molecule has 0 radical (unpaired) electrons. The third kappa shape index (κ3) is 6.33. The summed E-state index contributed by atoms with van der Waals surface area (Å²) in [5, 5.41) is 7.56. The average Bonchev–Trinajstić information content (AvgIpc) is 3.43. The van der Waals surface area contributed by atoms with Crippen LogP contribution in [0.2, 0.25) is 0 Å². The third-order valence-electron chi connectivity index (χ3n) is 6.09.